The summed E-state index contributed by atoms with van der Waals surface area (Å²) in [6.07, 6.45) is 0. The highest BCUT2D eigenvalue weighted by molar-refractivity contribution is 6.33. The van der Waals surface area contributed by atoms with Crippen molar-refractivity contribution < 1.29 is 9.90 Å². The van der Waals surface area contributed by atoms with E-state index >= 15 is 0 Å². The fourth-order valence-corrected chi connectivity index (χ4v) is 2.47. The number of anilines is 1. The van der Waals surface area contributed by atoms with Crippen molar-refractivity contribution in [3.05, 3.63) is 28.8 Å². The monoisotopic (exact) mass is 279 g/mol. The molecule has 0 unspecified atom stereocenters. The number of halogens is 1. The van der Waals surface area contributed by atoms with Crippen LogP contribution in [0.2, 0.25) is 5.02 Å². The second-order valence-corrected chi connectivity index (χ2v) is 4.84. The van der Waals surface area contributed by atoms with Gasteiger partial charge in [0.1, 0.15) is 0 Å². The minimum absolute atomic E-state index is 0.0783. The predicted molar refractivity (Wildman–Crippen MR) is 72.5 cm³/mol. The first kappa shape index (κ1) is 13.7. The van der Waals surface area contributed by atoms with Crippen molar-refractivity contribution in [3.8, 4) is 6.07 Å². The molecule has 0 radical (unpaired) electrons. The number of rotatable bonds is 3. The third-order valence-electron chi connectivity index (χ3n) is 3.15. The molecule has 5 nitrogen and oxygen atoms in total. The molecule has 6 heteroatoms. The molecule has 0 aliphatic carbocycles. The zero-order chi connectivity index (χ0) is 13.8. The maximum Gasteiger partial charge on any atom is 0.317 e. The molecule has 1 aromatic rings. The standard InChI is InChI=1S/C13H14ClN3O2/c14-11-7-10(8-15)1-2-12(11)17-5-3-16(4-6-17)9-13(18)19/h1-2,7H,3-6,9H2,(H,18,19). The Hall–Kier alpha value is -1.77. The van der Waals surface area contributed by atoms with E-state index < -0.39 is 5.97 Å². The fraction of sp³-hybridized carbons (Fsp3) is 0.385. The van der Waals surface area contributed by atoms with Crippen molar-refractivity contribution >= 4 is 23.3 Å². The SMILES string of the molecule is N#Cc1ccc(N2CCN(CC(=O)O)CC2)c(Cl)c1. The molecule has 1 aliphatic rings. The summed E-state index contributed by atoms with van der Waals surface area (Å²) < 4.78 is 0. The maximum atomic E-state index is 10.6. The highest BCUT2D eigenvalue weighted by Gasteiger charge is 2.20. The summed E-state index contributed by atoms with van der Waals surface area (Å²) in [6.45, 7) is 2.94. The smallest absolute Gasteiger partial charge is 0.317 e. The van der Waals surface area contributed by atoms with Gasteiger partial charge in [-0.15, -0.1) is 0 Å². The molecule has 100 valence electrons. The number of carboxylic acid groups (broad SMARTS) is 1. The van der Waals surface area contributed by atoms with Crippen molar-refractivity contribution in [2.24, 2.45) is 0 Å². The number of carbonyl (C=O) groups is 1. The number of aliphatic carboxylic acids is 1. The summed E-state index contributed by atoms with van der Waals surface area (Å²) in [6, 6.07) is 7.29. The molecule has 1 N–H and O–H groups in total. The van der Waals surface area contributed by atoms with Crippen LogP contribution in [0.15, 0.2) is 18.2 Å². The Morgan fingerprint density at radius 3 is 2.58 bits per heavy atom. The van der Waals surface area contributed by atoms with Crippen molar-refractivity contribution in [2.45, 2.75) is 0 Å². The second kappa shape index (κ2) is 5.91. The first-order valence-electron chi connectivity index (χ1n) is 5.99. The first-order valence-corrected chi connectivity index (χ1v) is 6.36. The lowest BCUT2D eigenvalue weighted by Crippen LogP contribution is -2.48. The van der Waals surface area contributed by atoms with Crippen molar-refractivity contribution in [2.75, 3.05) is 37.6 Å². The first-order chi connectivity index (χ1) is 9.10. The van der Waals surface area contributed by atoms with Crippen molar-refractivity contribution in [1.29, 1.82) is 5.26 Å². The topological polar surface area (TPSA) is 67.6 Å². The molecule has 1 fully saturated rings. The van der Waals surface area contributed by atoms with E-state index in [0.29, 0.717) is 23.7 Å². The number of hydrogen-bond donors (Lipinski definition) is 1. The molecule has 2 rings (SSSR count). The maximum absolute atomic E-state index is 10.6. The zero-order valence-corrected chi connectivity index (χ0v) is 11.1. The lowest BCUT2D eigenvalue weighted by Gasteiger charge is -2.35. The van der Waals surface area contributed by atoms with Gasteiger partial charge in [0, 0.05) is 26.2 Å². The average Bonchev–Trinajstić information content (AvgIpc) is 2.39. The van der Waals surface area contributed by atoms with Gasteiger partial charge in [-0.25, -0.2) is 0 Å². The van der Waals surface area contributed by atoms with Gasteiger partial charge in [-0.2, -0.15) is 5.26 Å². The Balaban J connectivity index is 2.02. The molecule has 1 aliphatic heterocycles. The fourth-order valence-electron chi connectivity index (χ4n) is 2.17. The minimum Gasteiger partial charge on any atom is -0.480 e. The molecule has 0 atom stereocenters. The van der Waals surface area contributed by atoms with Gasteiger partial charge in [0.05, 0.1) is 28.9 Å². The van der Waals surface area contributed by atoms with Crippen LogP contribution in [0.25, 0.3) is 0 Å². The van der Waals surface area contributed by atoms with Crippen LogP contribution in [0.1, 0.15) is 5.56 Å². The van der Waals surface area contributed by atoms with Gasteiger partial charge in [-0.3, -0.25) is 9.69 Å². The average molecular weight is 280 g/mol. The molecule has 0 spiro atoms. The van der Waals surface area contributed by atoms with E-state index in [1.807, 2.05) is 11.0 Å². The van der Waals surface area contributed by atoms with Crippen molar-refractivity contribution in [1.82, 2.24) is 4.90 Å². The van der Waals surface area contributed by atoms with Gasteiger partial charge in [0.25, 0.3) is 0 Å². The molecule has 19 heavy (non-hydrogen) atoms. The molecule has 1 saturated heterocycles. The minimum atomic E-state index is -0.801. The van der Waals surface area contributed by atoms with Crippen LogP contribution in [-0.2, 0) is 4.79 Å². The van der Waals surface area contributed by atoms with Crippen LogP contribution >= 0.6 is 11.6 Å². The zero-order valence-electron chi connectivity index (χ0n) is 10.3. The summed E-state index contributed by atoms with van der Waals surface area (Å²) in [7, 11) is 0. The van der Waals surface area contributed by atoms with E-state index in [2.05, 4.69) is 11.0 Å². The van der Waals surface area contributed by atoms with Crippen LogP contribution in [0.3, 0.4) is 0 Å². The van der Waals surface area contributed by atoms with Gasteiger partial charge in [0.15, 0.2) is 0 Å². The van der Waals surface area contributed by atoms with Crippen LogP contribution in [0.4, 0.5) is 5.69 Å². The summed E-state index contributed by atoms with van der Waals surface area (Å²) in [4.78, 5) is 14.6. The molecule has 0 aromatic heterocycles. The van der Waals surface area contributed by atoms with Gasteiger partial charge in [-0.05, 0) is 18.2 Å². The van der Waals surface area contributed by atoms with Gasteiger partial charge in [0.2, 0.25) is 0 Å². The lowest BCUT2D eigenvalue weighted by atomic mass is 10.2. The number of nitrogens with zero attached hydrogens (tertiary/aromatic N) is 3. The molecule has 1 aromatic carbocycles. The summed E-state index contributed by atoms with van der Waals surface area (Å²) in [5.74, 6) is -0.801. The van der Waals surface area contributed by atoms with Gasteiger partial charge in [-0.1, -0.05) is 11.6 Å². The molecule has 0 amide bonds. The second-order valence-electron chi connectivity index (χ2n) is 4.43. The van der Waals surface area contributed by atoms with E-state index in [4.69, 9.17) is 22.0 Å². The van der Waals surface area contributed by atoms with E-state index in [-0.39, 0.29) is 6.54 Å². The molecule has 1 heterocycles. The summed E-state index contributed by atoms with van der Waals surface area (Å²) in [5, 5.41) is 18.1. The number of hydrogen-bond acceptors (Lipinski definition) is 4. The highest BCUT2D eigenvalue weighted by atomic mass is 35.5. The van der Waals surface area contributed by atoms with E-state index in [1.54, 1.807) is 12.1 Å². The number of benzene rings is 1. The van der Waals surface area contributed by atoms with Gasteiger partial charge >= 0.3 is 5.97 Å². The van der Waals surface area contributed by atoms with E-state index in [9.17, 15) is 4.79 Å². The Bertz CT molecular complexity index is 519. The summed E-state index contributed by atoms with van der Waals surface area (Å²) >= 11 is 6.16. The predicted octanol–water partition coefficient (Wildman–Crippen LogP) is 1.42. The summed E-state index contributed by atoms with van der Waals surface area (Å²) in [5.41, 5.74) is 1.44. The Morgan fingerprint density at radius 2 is 2.05 bits per heavy atom. The number of piperazine rings is 1. The number of nitriles is 1. The van der Waals surface area contributed by atoms with Crippen LogP contribution in [0, 0.1) is 11.3 Å². The quantitative estimate of drug-likeness (QED) is 0.906. The lowest BCUT2D eigenvalue weighted by molar-refractivity contribution is -0.138. The third-order valence-corrected chi connectivity index (χ3v) is 3.45. The normalized spacial score (nSPS) is 16.1. The third kappa shape index (κ3) is 3.37. The largest absolute Gasteiger partial charge is 0.480 e. The molecule has 0 saturated carbocycles. The Morgan fingerprint density at radius 1 is 1.37 bits per heavy atom. The Labute approximate surface area is 116 Å². The van der Waals surface area contributed by atoms with Gasteiger partial charge < -0.3 is 10.0 Å². The molecular weight excluding hydrogens is 266 g/mol. The van der Waals surface area contributed by atoms with Crippen molar-refractivity contribution in [3.63, 3.8) is 0 Å². The highest BCUT2D eigenvalue weighted by Crippen LogP contribution is 2.27. The molecule has 0 bridgehead atoms. The number of carboxylic acids is 1. The van der Waals surface area contributed by atoms with Crippen LogP contribution in [0.5, 0.6) is 0 Å². The van der Waals surface area contributed by atoms with E-state index in [0.717, 1.165) is 18.8 Å². The Kier molecular flexibility index (Phi) is 4.25. The van der Waals surface area contributed by atoms with E-state index in [1.165, 1.54) is 0 Å². The van der Waals surface area contributed by atoms with Crippen LogP contribution in [-0.4, -0.2) is 48.7 Å². The molecular formula is C13H14ClN3O2. The van der Waals surface area contributed by atoms with Crippen LogP contribution < -0.4 is 4.90 Å².